The Hall–Kier alpha value is -2.12. The van der Waals surface area contributed by atoms with Gasteiger partial charge in [0.15, 0.2) is 11.4 Å². The SMILES string of the molecule is COC1CC[C@@H](CC(=O)NC2CCC(CCN3CCN(c4noc5ccccc45)CC3)CC2)C1. The first-order valence-electron chi connectivity index (χ1n) is 13.3. The van der Waals surface area contributed by atoms with Crippen LogP contribution in [0.5, 0.6) is 0 Å². The molecule has 1 aliphatic heterocycles. The Balaban J connectivity index is 0.978. The van der Waals surface area contributed by atoms with E-state index in [2.05, 4.69) is 26.3 Å². The maximum atomic E-state index is 12.5. The molecule has 2 aromatic rings. The fraction of sp³-hybridized carbons (Fsp3) is 0.704. The number of carbonyl (C=O) groups is 1. The number of benzene rings is 1. The van der Waals surface area contributed by atoms with Crippen molar-refractivity contribution in [3.8, 4) is 0 Å². The molecule has 2 saturated carbocycles. The number of piperazine rings is 1. The third-order valence-electron chi connectivity index (χ3n) is 8.40. The number of nitrogens with zero attached hydrogens (tertiary/aromatic N) is 3. The van der Waals surface area contributed by atoms with Gasteiger partial charge in [0, 0.05) is 45.8 Å². The minimum absolute atomic E-state index is 0.253. The molecular weight excluding hydrogens is 428 g/mol. The number of methoxy groups -OCH3 is 1. The smallest absolute Gasteiger partial charge is 0.220 e. The topological polar surface area (TPSA) is 70.8 Å². The Kier molecular flexibility index (Phi) is 7.70. The molecule has 0 radical (unpaired) electrons. The lowest BCUT2D eigenvalue weighted by Gasteiger charge is -2.36. The normalized spacial score (nSPS) is 28.4. The molecule has 34 heavy (non-hydrogen) atoms. The molecule has 5 rings (SSSR count). The van der Waals surface area contributed by atoms with Crippen molar-refractivity contribution in [1.82, 2.24) is 15.4 Å². The third-order valence-corrected chi connectivity index (χ3v) is 8.40. The molecular formula is C27H40N4O3. The number of amides is 1. The number of carbonyl (C=O) groups excluding carboxylic acids is 1. The predicted octanol–water partition coefficient (Wildman–Crippen LogP) is 4.22. The number of rotatable bonds is 8. The lowest BCUT2D eigenvalue weighted by atomic mass is 9.84. The molecule has 7 nitrogen and oxygen atoms in total. The summed E-state index contributed by atoms with van der Waals surface area (Å²) in [6, 6.07) is 8.49. The number of aromatic nitrogens is 1. The molecule has 1 aromatic heterocycles. The number of fused-ring (bicyclic) bond motifs is 1. The lowest BCUT2D eigenvalue weighted by Crippen LogP contribution is -2.47. The van der Waals surface area contributed by atoms with Crippen LogP contribution in [0.2, 0.25) is 0 Å². The first-order valence-corrected chi connectivity index (χ1v) is 13.3. The zero-order valence-corrected chi connectivity index (χ0v) is 20.6. The monoisotopic (exact) mass is 468 g/mol. The number of nitrogens with one attached hydrogen (secondary N) is 1. The van der Waals surface area contributed by atoms with Crippen LogP contribution in [0, 0.1) is 11.8 Å². The van der Waals surface area contributed by atoms with E-state index >= 15 is 0 Å². The van der Waals surface area contributed by atoms with Gasteiger partial charge in [-0.05, 0) is 81.9 Å². The van der Waals surface area contributed by atoms with Gasteiger partial charge >= 0.3 is 0 Å². The fourth-order valence-corrected chi connectivity index (χ4v) is 6.22. The molecule has 186 valence electrons. The van der Waals surface area contributed by atoms with E-state index in [1.807, 2.05) is 18.2 Å². The van der Waals surface area contributed by atoms with Crippen LogP contribution in [-0.4, -0.2) is 67.9 Å². The molecule has 7 heteroatoms. The summed E-state index contributed by atoms with van der Waals surface area (Å²) in [5.41, 5.74) is 0.866. The van der Waals surface area contributed by atoms with E-state index in [0.717, 1.165) is 81.0 Å². The highest BCUT2D eigenvalue weighted by Gasteiger charge is 2.28. The van der Waals surface area contributed by atoms with Gasteiger partial charge in [0.2, 0.25) is 5.91 Å². The fourth-order valence-electron chi connectivity index (χ4n) is 6.22. The number of anilines is 1. The van der Waals surface area contributed by atoms with Crippen LogP contribution in [0.3, 0.4) is 0 Å². The van der Waals surface area contributed by atoms with Crippen LogP contribution in [0.15, 0.2) is 28.8 Å². The van der Waals surface area contributed by atoms with Crippen molar-refractivity contribution in [2.45, 2.75) is 69.9 Å². The first-order chi connectivity index (χ1) is 16.7. The maximum Gasteiger partial charge on any atom is 0.220 e. The Morgan fingerprint density at radius 3 is 2.59 bits per heavy atom. The van der Waals surface area contributed by atoms with Gasteiger partial charge in [-0.25, -0.2) is 0 Å². The quantitative estimate of drug-likeness (QED) is 0.626. The maximum absolute atomic E-state index is 12.5. The standard InChI is InChI=1S/C27H40N4O3/c1-33-23-11-8-21(18-23)19-26(32)28-22-9-6-20(7-10-22)12-13-30-14-16-31(17-15-30)27-24-4-2-3-5-25(24)34-29-27/h2-5,20-23H,6-19H2,1H3,(H,28,32)/t20?,21-,22?,23?/m1/s1. The van der Waals surface area contributed by atoms with Gasteiger partial charge in [-0.3, -0.25) is 9.69 Å². The van der Waals surface area contributed by atoms with E-state index < -0.39 is 0 Å². The van der Waals surface area contributed by atoms with E-state index in [0.29, 0.717) is 24.5 Å². The highest BCUT2D eigenvalue weighted by Crippen LogP contribution is 2.31. The summed E-state index contributed by atoms with van der Waals surface area (Å²) in [7, 11) is 1.78. The molecule has 1 unspecified atom stereocenters. The summed E-state index contributed by atoms with van der Waals surface area (Å²) in [6.07, 6.45) is 10.3. The van der Waals surface area contributed by atoms with Gasteiger partial charge in [0.05, 0.1) is 11.5 Å². The average molecular weight is 469 g/mol. The number of hydrogen-bond acceptors (Lipinski definition) is 6. The van der Waals surface area contributed by atoms with Gasteiger partial charge in [-0.15, -0.1) is 0 Å². The van der Waals surface area contributed by atoms with Gasteiger partial charge in [0.25, 0.3) is 0 Å². The minimum atomic E-state index is 0.253. The van der Waals surface area contributed by atoms with E-state index in [1.165, 1.54) is 25.8 Å². The van der Waals surface area contributed by atoms with Gasteiger partial charge < -0.3 is 19.5 Å². The molecule has 1 amide bonds. The molecule has 3 fully saturated rings. The summed E-state index contributed by atoms with van der Waals surface area (Å²) in [5, 5.41) is 8.76. The van der Waals surface area contributed by atoms with Crippen molar-refractivity contribution in [2.24, 2.45) is 11.8 Å². The Bertz CT molecular complexity index is 931. The van der Waals surface area contributed by atoms with Crippen LogP contribution < -0.4 is 10.2 Å². The van der Waals surface area contributed by atoms with Gasteiger partial charge in [-0.1, -0.05) is 17.3 Å². The van der Waals surface area contributed by atoms with Crippen molar-refractivity contribution in [3.05, 3.63) is 24.3 Å². The predicted molar refractivity (Wildman–Crippen MR) is 134 cm³/mol. The van der Waals surface area contributed by atoms with Crippen molar-refractivity contribution >= 4 is 22.7 Å². The van der Waals surface area contributed by atoms with Crippen LogP contribution >= 0.6 is 0 Å². The second-order valence-electron chi connectivity index (χ2n) is 10.6. The van der Waals surface area contributed by atoms with Gasteiger partial charge in [-0.2, -0.15) is 0 Å². The summed E-state index contributed by atoms with van der Waals surface area (Å²) in [5.74, 6) is 2.54. The summed E-state index contributed by atoms with van der Waals surface area (Å²) in [6.45, 7) is 5.34. The van der Waals surface area contributed by atoms with Crippen molar-refractivity contribution < 1.29 is 14.1 Å². The molecule has 1 N–H and O–H groups in total. The van der Waals surface area contributed by atoms with Crippen LogP contribution in [0.25, 0.3) is 11.0 Å². The molecule has 2 aliphatic carbocycles. The van der Waals surface area contributed by atoms with Crippen LogP contribution in [0.4, 0.5) is 5.82 Å². The highest BCUT2D eigenvalue weighted by molar-refractivity contribution is 5.88. The van der Waals surface area contributed by atoms with Crippen molar-refractivity contribution in [2.75, 3.05) is 44.7 Å². The van der Waals surface area contributed by atoms with Crippen molar-refractivity contribution in [3.63, 3.8) is 0 Å². The number of para-hydroxylation sites is 1. The van der Waals surface area contributed by atoms with Gasteiger partial charge in [0.1, 0.15) is 0 Å². The Labute approximate surface area is 203 Å². The molecule has 2 atom stereocenters. The number of hydrogen-bond donors (Lipinski definition) is 1. The van der Waals surface area contributed by atoms with Crippen LogP contribution in [-0.2, 0) is 9.53 Å². The molecule has 1 saturated heterocycles. The lowest BCUT2D eigenvalue weighted by molar-refractivity contribution is -0.123. The molecule has 1 aromatic carbocycles. The minimum Gasteiger partial charge on any atom is -0.381 e. The summed E-state index contributed by atoms with van der Waals surface area (Å²) in [4.78, 5) is 17.4. The van der Waals surface area contributed by atoms with E-state index in [-0.39, 0.29) is 5.91 Å². The number of ether oxygens (including phenoxy) is 1. The van der Waals surface area contributed by atoms with E-state index in [9.17, 15) is 4.79 Å². The highest BCUT2D eigenvalue weighted by atomic mass is 16.5. The molecule has 0 bridgehead atoms. The summed E-state index contributed by atoms with van der Waals surface area (Å²) >= 11 is 0. The zero-order chi connectivity index (χ0) is 23.3. The zero-order valence-electron chi connectivity index (χ0n) is 20.6. The van der Waals surface area contributed by atoms with E-state index in [1.54, 1.807) is 7.11 Å². The second-order valence-corrected chi connectivity index (χ2v) is 10.6. The third kappa shape index (κ3) is 5.74. The first kappa shape index (κ1) is 23.6. The molecule has 2 heterocycles. The van der Waals surface area contributed by atoms with Crippen LogP contribution in [0.1, 0.15) is 57.8 Å². The van der Waals surface area contributed by atoms with Crippen molar-refractivity contribution in [1.29, 1.82) is 0 Å². The Morgan fingerprint density at radius 1 is 1.06 bits per heavy atom. The average Bonchev–Trinajstić information content (AvgIpc) is 3.51. The second kappa shape index (κ2) is 11.1. The Morgan fingerprint density at radius 2 is 1.82 bits per heavy atom. The largest absolute Gasteiger partial charge is 0.381 e. The molecule has 3 aliphatic rings. The van der Waals surface area contributed by atoms with E-state index in [4.69, 9.17) is 9.26 Å². The summed E-state index contributed by atoms with van der Waals surface area (Å²) < 4.78 is 10.9. The molecule has 0 spiro atoms.